The SMILES string of the molecule is COc1ccc(Cl)cc1C(=O)N1CCC2(CC1)OCCS2. The highest BCUT2D eigenvalue weighted by Crippen LogP contribution is 2.41. The van der Waals surface area contributed by atoms with Crippen LogP contribution in [-0.4, -0.2) is 48.3 Å². The van der Waals surface area contributed by atoms with Crippen LogP contribution in [0, 0.1) is 0 Å². The highest BCUT2D eigenvalue weighted by molar-refractivity contribution is 8.00. The van der Waals surface area contributed by atoms with Gasteiger partial charge in [0.1, 0.15) is 10.7 Å². The van der Waals surface area contributed by atoms with Gasteiger partial charge in [-0.3, -0.25) is 4.79 Å². The van der Waals surface area contributed by atoms with Crippen molar-refractivity contribution in [1.29, 1.82) is 0 Å². The van der Waals surface area contributed by atoms with E-state index in [0.717, 1.165) is 25.2 Å². The van der Waals surface area contributed by atoms with Crippen LogP contribution in [-0.2, 0) is 4.74 Å². The Kier molecular flexibility index (Phi) is 4.33. The van der Waals surface area contributed by atoms with E-state index in [4.69, 9.17) is 21.1 Å². The molecular weight excluding hydrogens is 310 g/mol. The minimum atomic E-state index is -0.0603. The van der Waals surface area contributed by atoms with Crippen molar-refractivity contribution >= 4 is 29.3 Å². The molecule has 2 aliphatic rings. The van der Waals surface area contributed by atoms with Gasteiger partial charge in [0.15, 0.2) is 0 Å². The van der Waals surface area contributed by atoms with Crippen molar-refractivity contribution in [2.24, 2.45) is 0 Å². The van der Waals surface area contributed by atoms with Crippen molar-refractivity contribution in [3.8, 4) is 5.75 Å². The first-order valence-corrected chi connectivity index (χ1v) is 8.41. The van der Waals surface area contributed by atoms with Gasteiger partial charge in [-0.1, -0.05) is 11.6 Å². The van der Waals surface area contributed by atoms with Crippen LogP contribution in [0.4, 0.5) is 0 Å². The first-order chi connectivity index (χ1) is 10.1. The fraction of sp³-hybridized carbons (Fsp3) is 0.533. The van der Waals surface area contributed by atoms with E-state index in [-0.39, 0.29) is 10.8 Å². The molecule has 0 bridgehead atoms. The van der Waals surface area contributed by atoms with Gasteiger partial charge in [-0.15, -0.1) is 11.8 Å². The highest BCUT2D eigenvalue weighted by atomic mass is 35.5. The molecule has 0 N–H and O–H groups in total. The molecule has 2 saturated heterocycles. The number of carbonyl (C=O) groups excluding carboxylic acids is 1. The van der Waals surface area contributed by atoms with Crippen molar-refractivity contribution in [2.45, 2.75) is 17.8 Å². The second kappa shape index (κ2) is 6.07. The summed E-state index contributed by atoms with van der Waals surface area (Å²) in [6.07, 6.45) is 1.76. The van der Waals surface area contributed by atoms with Gasteiger partial charge in [0.2, 0.25) is 0 Å². The molecule has 0 atom stereocenters. The summed E-state index contributed by atoms with van der Waals surface area (Å²) in [5.74, 6) is 1.60. The second-order valence-corrected chi connectivity index (χ2v) is 7.12. The average molecular weight is 328 g/mol. The molecule has 0 saturated carbocycles. The summed E-state index contributed by atoms with van der Waals surface area (Å²) in [5, 5.41) is 0.544. The van der Waals surface area contributed by atoms with Crippen molar-refractivity contribution in [3.05, 3.63) is 28.8 Å². The fourth-order valence-electron chi connectivity index (χ4n) is 2.85. The monoisotopic (exact) mass is 327 g/mol. The number of ether oxygens (including phenoxy) is 2. The molecule has 1 aromatic rings. The first-order valence-electron chi connectivity index (χ1n) is 7.04. The van der Waals surface area contributed by atoms with E-state index in [9.17, 15) is 4.79 Å². The number of amides is 1. The van der Waals surface area contributed by atoms with Crippen LogP contribution in [0.5, 0.6) is 5.75 Å². The van der Waals surface area contributed by atoms with Gasteiger partial charge >= 0.3 is 0 Å². The summed E-state index contributed by atoms with van der Waals surface area (Å²) in [4.78, 5) is 14.5. The molecule has 1 spiro atoms. The zero-order valence-corrected chi connectivity index (χ0v) is 13.5. The van der Waals surface area contributed by atoms with Crippen molar-refractivity contribution in [2.75, 3.05) is 32.6 Å². The number of rotatable bonds is 2. The predicted molar refractivity (Wildman–Crippen MR) is 84.3 cm³/mol. The first kappa shape index (κ1) is 15.0. The molecule has 6 heteroatoms. The number of carbonyl (C=O) groups is 1. The summed E-state index contributed by atoms with van der Waals surface area (Å²) in [6, 6.07) is 5.14. The van der Waals surface area contributed by atoms with Crippen LogP contribution in [0.3, 0.4) is 0 Å². The van der Waals surface area contributed by atoms with Crippen molar-refractivity contribution in [1.82, 2.24) is 4.90 Å². The number of likely N-dealkylation sites (tertiary alicyclic amines) is 1. The topological polar surface area (TPSA) is 38.8 Å². The smallest absolute Gasteiger partial charge is 0.257 e. The molecule has 3 rings (SSSR count). The summed E-state index contributed by atoms with van der Waals surface area (Å²) in [6.45, 7) is 2.24. The largest absolute Gasteiger partial charge is 0.496 e. The molecule has 4 nitrogen and oxygen atoms in total. The minimum Gasteiger partial charge on any atom is -0.496 e. The Hall–Kier alpha value is -0.910. The summed E-state index contributed by atoms with van der Waals surface area (Å²) >= 11 is 7.88. The minimum absolute atomic E-state index is 0.0211. The number of hydrogen-bond donors (Lipinski definition) is 0. The van der Waals surface area contributed by atoms with Crippen LogP contribution in [0.25, 0.3) is 0 Å². The normalized spacial score (nSPS) is 20.8. The number of nitrogens with zero attached hydrogens (tertiary/aromatic N) is 1. The lowest BCUT2D eigenvalue weighted by Gasteiger charge is -2.38. The van der Waals surface area contributed by atoms with Crippen LogP contribution in [0.1, 0.15) is 23.2 Å². The third-order valence-corrected chi connectivity index (χ3v) is 5.68. The van der Waals surface area contributed by atoms with Gasteiger partial charge in [0.25, 0.3) is 5.91 Å². The Morgan fingerprint density at radius 1 is 1.43 bits per heavy atom. The fourth-order valence-corrected chi connectivity index (χ4v) is 4.20. The summed E-state index contributed by atoms with van der Waals surface area (Å²) in [7, 11) is 1.56. The number of halogens is 1. The van der Waals surface area contributed by atoms with Crippen molar-refractivity contribution in [3.63, 3.8) is 0 Å². The number of hydrogen-bond acceptors (Lipinski definition) is 4. The van der Waals surface area contributed by atoms with E-state index in [0.29, 0.717) is 29.4 Å². The molecule has 2 heterocycles. The summed E-state index contributed by atoms with van der Waals surface area (Å²) < 4.78 is 11.1. The Bertz CT molecular complexity index is 536. The molecule has 21 heavy (non-hydrogen) atoms. The molecule has 0 aliphatic carbocycles. The maximum atomic E-state index is 12.7. The third kappa shape index (κ3) is 3.00. The Labute approximate surface area is 133 Å². The van der Waals surface area contributed by atoms with Gasteiger partial charge in [-0.05, 0) is 18.2 Å². The summed E-state index contributed by atoms with van der Waals surface area (Å²) in [5.41, 5.74) is 0.529. The van der Waals surface area contributed by atoms with Gasteiger partial charge in [0.05, 0.1) is 19.3 Å². The molecule has 2 fully saturated rings. The number of methoxy groups -OCH3 is 1. The van der Waals surface area contributed by atoms with E-state index in [1.165, 1.54) is 0 Å². The molecule has 0 radical (unpaired) electrons. The average Bonchev–Trinajstić information content (AvgIpc) is 2.95. The van der Waals surface area contributed by atoms with Gasteiger partial charge in [-0.25, -0.2) is 0 Å². The van der Waals surface area contributed by atoms with Crippen molar-refractivity contribution < 1.29 is 14.3 Å². The van der Waals surface area contributed by atoms with Gasteiger partial charge in [0, 0.05) is 36.7 Å². The Morgan fingerprint density at radius 2 is 2.19 bits per heavy atom. The maximum absolute atomic E-state index is 12.7. The molecule has 2 aliphatic heterocycles. The standard InChI is InChI=1S/C15H18ClNO3S/c1-19-13-3-2-11(16)10-12(13)14(18)17-6-4-15(5-7-17)20-8-9-21-15/h2-3,10H,4-9H2,1H3. The zero-order valence-electron chi connectivity index (χ0n) is 11.9. The predicted octanol–water partition coefficient (Wildman–Crippen LogP) is 3.04. The maximum Gasteiger partial charge on any atom is 0.257 e. The quantitative estimate of drug-likeness (QED) is 0.837. The molecule has 1 amide bonds. The lowest BCUT2D eigenvalue weighted by atomic mass is 10.1. The molecule has 0 unspecified atom stereocenters. The Morgan fingerprint density at radius 3 is 2.81 bits per heavy atom. The van der Waals surface area contributed by atoms with E-state index >= 15 is 0 Å². The zero-order chi connectivity index (χ0) is 14.9. The van der Waals surface area contributed by atoms with E-state index < -0.39 is 0 Å². The second-order valence-electron chi connectivity index (χ2n) is 5.24. The van der Waals surface area contributed by atoms with E-state index in [2.05, 4.69) is 0 Å². The lowest BCUT2D eigenvalue weighted by molar-refractivity contribution is 0.00346. The van der Waals surface area contributed by atoms with Crippen LogP contribution in [0.2, 0.25) is 5.02 Å². The van der Waals surface area contributed by atoms with Gasteiger partial charge < -0.3 is 14.4 Å². The highest BCUT2D eigenvalue weighted by Gasteiger charge is 2.40. The molecule has 114 valence electrons. The lowest BCUT2D eigenvalue weighted by Crippen LogP contribution is -2.45. The number of benzene rings is 1. The van der Waals surface area contributed by atoms with Crippen LogP contribution >= 0.6 is 23.4 Å². The van der Waals surface area contributed by atoms with Gasteiger partial charge in [-0.2, -0.15) is 0 Å². The third-order valence-electron chi connectivity index (χ3n) is 4.02. The van der Waals surface area contributed by atoms with Crippen LogP contribution < -0.4 is 4.74 Å². The molecule has 1 aromatic carbocycles. The van der Waals surface area contributed by atoms with E-state index in [1.54, 1.807) is 25.3 Å². The van der Waals surface area contributed by atoms with Crippen LogP contribution in [0.15, 0.2) is 18.2 Å². The Balaban J connectivity index is 1.73. The number of piperidine rings is 1. The van der Waals surface area contributed by atoms with E-state index in [1.807, 2.05) is 16.7 Å². The number of thioether (sulfide) groups is 1. The molecule has 0 aromatic heterocycles. The molecular formula is C15H18ClNO3S.